The fourth-order valence-electron chi connectivity index (χ4n) is 18.3. The van der Waals surface area contributed by atoms with Crippen LogP contribution in [-0.2, 0) is 0 Å². The summed E-state index contributed by atoms with van der Waals surface area (Å²) in [5.74, 6) is 7.73. The number of hydrogen-bond donors (Lipinski definition) is 0. The van der Waals surface area contributed by atoms with E-state index in [1.54, 1.807) is 0 Å². The summed E-state index contributed by atoms with van der Waals surface area (Å²) >= 11 is 0. The van der Waals surface area contributed by atoms with Gasteiger partial charge in [0.1, 0.15) is 57.5 Å². The van der Waals surface area contributed by atoms with E-state index in [0.29, 0.717) is 0 Å². The molecular weight excluding hydrogens is 1210 g/mol. The molecule has 0 atom stereocenters. The molecule has 0 amide bonds. The Balaban J connectivity index is 0.790. The van der Waals surface area contributed by atoms with Crippen LogP contribution in [0.5, 0.6) is 57.5 Å². The number of para-hydroxylation sites is 8. The van der Waals surface area contributed by atoms with Crippen molar-refractivity contribution < 1.29 is 23.7 Å². The highest BCUT2D eigenvalue weighted by Crippen LogP contribution is 2.50. The van der Waals surface area contributed by atoms with E-state index in [-0.39, 0.29) is 20.1 Å². The number of rotatable bonds is 4. The first kappa shape index (κ1) is 53.7. The van der Waals surface area contributed by atoms with Crippen molar-refractivity contribution in [2.45, 2.75) is 20.8 Å². The first-order valence-electron chi connectivity index (χ1n) is 34.1. The molecule has 99 heavy (non-hydrogen) atoms. The van der Waals surface area contributed by atoms with Gasteiger partial charge in [-0.1, -0.05) is 175 Å². The number of aryl methyl sites for hydroxylation is 3. The van der Waals surface area contributed by atoms with E-state index in [1.807, 2.05) is 0 Å². The summed E-state index contributed by atoms with van der Waals surface area (Å²) < 4.78 is 44.2. The van der Waals surface area contributed by atoms with Crippen molar-refractivity contribution in [2.75, 3.05) is 4.90 Å². The number of nitrogens with zero attached hydrogens (tertiary/aromatic N) is 4. The molecule has 0 N–H and O–H groups in total. The lowest BCUT2D eigenvalue weighted by molar-refractivity contribution is 0.456. The van der Waals surface area contributed by atoms with E-state index in [0.717, 1.165) is 185 Å². The summed E-state index contributed by atoms with van der Waals surface area (Å²) in [6.07, 6.45) is 0. The molecule has 6 aliphatic heterocycles. The van der Waals surface area contributed by atoms with Crippen LogP contribution in [0.3, 0.4) is 0 Å². The first-order chi connectivity index (χ1) is 48.8. The maximum Gasteiger partial charge on any atom is 0.260 e. The molecule has 17 aromatic rings. The highest BCUT2D eigenvalue weighted by atomic mass is 16.5. The zero-order valence-corrected chi connectivity index (χ0v) is 54.0. The molecule has 0 aliphatic carbocycles. The zero-order valence-electron chi connectivity index (χ0n) is 54.0. The highest BCUT2D eigenvalue weighted by molar-refractivity contribution is 7.03. The van der Waals surface area contributed by atoms with Crippen LogP contribution in [-0.4, -0.2) is 33.8 Å². The number of benzene rings is 14. The molecule has 9 nitrogen and oxygen atoms in total. The van der Waals surface area contributed by atoms with Gasteiger partial charge in [-0.15, -0.1) is 0 Å². The number of aromatic nitrogens is 3. The van der Waals surface area contributed by atoms with Crippen molar-refractivity contribution in [3.05, 3.63) is 284 Å². The van der Waals surface area contributed by atoms with Gasteiger partial charge in [0.2, 0.25) is 0 Å². The van der Waals surface area contributed by atoms with E-state index in [9.17, 15) is 0 Å². The van der Waals surface area contributed by atoms with Crippen molar-refractivity contribution in [3.8, 4) is 74.6 Å². The van der Waals surface area contributed by atoms with Crippen LogP contribution in [0.2, 0.25) is 0 Å². The Hall–Kier alpha value is -12.5. The molecule has 0 unspecified atom stereocenters. The van der Waals surface area contributed by atoms with Gasteiger partial charge in [-0.25, -0.2) is 0 Å². The van der Waals surface area contributed by atoms with Gasteiger partial charge in [0.05, 0.1) is 55.8 Å². The second kappa shape index (κ2) is 19.4. The third-order valence-electron chi connectivity index (χ3n) is 22.1. The number of ether oxygens (including phenoxy) is 5. The molecule has 14 aromatic carbocycles. The SMILES string of the molecule is Cc1cc(C)c(N2c3cc4c(cc3B3c5cc6c(cc5Oc5cc(-n7c8ccccc8c8ccccc87)cc2c53)Oc2cc(-n3c5ccccc5c5ccccc53)cc3c2B6c2ccccc2O3)B2c3ccccc3Oc3cc(-n5c6ccccc6c6ccccc65)cc(c32)O4)c(C)c1. The molecule has 9 heterocycles. The van der Waals surface area contributed by atoms with Crippen LogP contribution < -0.4 is 77.7 Å². The molecule has 0 radical (unpaired) electrons. The van der Waals surface area contributed by atoms with E-state index in [4.69, 9.17) is 23.7 Å². The van der Waals surface area contributed by atoms with Crippen molar-refractivity contribution in [2.24, 2.45) is 0 Å². The van der Waals surface area contributed by atoms with Gasteiger partial charge < -0.3 is 42.3 Å². The van der Waals surface area contributed by atoms with Gasteiger partial charge in [-0.05, 0) is 125 Å². The minimum Gasteiger partial charge on any atom is -0.458 e. The Morgan fingerprint density at radius 2 is 0.556 bits per heavy atom. The molecular formula is C87H53B3N4O5. The Morgan fingerprint density at radius 3 is 0.960 bits per heavy atom. The quantitative estimate of drug-likeness (QED) is 0.164. The second-order valence-electron chi connectivity index (χ2n) is 27.5. The van der Waals surface area contributed by atoms with Crippen molar-refractivity contribution in [1.29, 1.82) is 0 Å². The molecule has 0 saturated carbocycles. The number of hydrogen-bond acceptors (Lipinski definition) is 6. The van der Waals surface area contributed by atoms with Gasteiger partial charge >= 0.3 is 0 Å². The molecule has 6 aliphatic rings. The summed E-state index contributed by atoms with van der Waals surface area (Å²) in [4.78, 5) is 2.53. The molecule has 0 spiro atoms. The second-order valence-corrected chi connectivity index (χ2v) is 27.5. The van der Waals surface area contributed by atoms with Gasteiger partial charge in [0, 0.05) is 97.1 Å². The van der Waals surface area contributed by atoms with Crippen LogP contribution in [0.1, 0.15) is 16.7 Å². The summed E-state index contributed by atoms with van der Waals surface area (Å²) in [5, 5.41) is 7.11. The van der Waals surface area contributed by atoms with E-state index < -0.39 is 0 Å². The van der Waals surface area contributed by atoms with Crippen LogP contribution in [0, 0.1) is 20.8 Å². The number of fused-ring (bicyclic) bond motifs is 21. The Morgan fingerprint density at radius 1 is 0.242 bits per heavy atom. The van der Waals surface area contributed by atoms with Crippen molar-refractivity contribution >= 4 is 152 Å². The summed E-state index contributed by atoms with van der Waals surface area (Å²) in [5.41, 5.74) is 25.8. The topological polar surface area (TPSA) is 64.2 Å². The van der Waals surface area contributed by atoms with E-state index in [2.05, 4.69) is 306 Å². The smallest absolute Gasteiger partial charge is 0.260 e. The average Bonchev–Trinajstić information content (AvgIpc) is 1.30. The molecule has 460 valence electrons. The minimum absolute atomic E-state index is 0.241. The molecule has 0 fully saturated rings. The van der Waals surface area contributed by atoms with Crippen molar-refractivity contribution in [1.82, 2.24) is 13.7 Å². The molecule has 12 heteroatoms. The van der Waals surface area contributed by atoms with Gasteiger partial charge in [0.25, 0.3) is 20.1 Å². The number of anilines is 3. The van der Waals surface area contributed by atoms with Crippen LogP contribution in [0.25, 0.3) is 82.5 Å². The standard InChI is InChI=1S/C87H53B3N4O5/c1-48-36-49(2)87(50(3)37-48)94-72-46-76-63(88-60-26-10-18-34-74(60)95-80-40-52(42-82(97-76)85(80)88)92-68-30-14-6-22-56(68)57-23-7-15-31-69(57)92)44-62(72)90-65-45-64-77(47-78(65)98-79-39-51(38-73(94)84(79)90)91-66-28-12-4-20-54(66)55-21-5-13-29-67(55)91)99-83-43-53(41-81-86(83)89(64)61-27-11-19-35-75(61)96-81)93-70-32-16-8-24-58(70)59-25-9-17-33-71(59)93/h4-47H,1-3H3. The normalized spacial score (nSPS) is 13.7. The third kappa shape index (κ3) is 7.21. The third-order valence-corrected chi connectivity index (χ3v) is 22.1. The van der Waals surface area contributed by atoms with E-state index in [1.165, 1.54) is 37.9 Å². The van der Waals surface area contributed by atoms with Crippen molar-refractivity contribution in [3.63, 3.8) is 0 Å². The van der Waals surface area contributed by atoms with E-state index >= 15 is 0 Å². The highest BCUT2D eigenvalue weighted by Gasteiger charge is 2.49. The zero-order chi connectivity index (χ0) is 64.8. The fraction of sp³-hybridized carbons (Fsp3) is 0.0345. The Labute approximate surface area is 569 Å². The van der Waals surface area contributed by atoms with Crippen LogP contribution in [0.15, 0.2) is 267 Å². The average molecular weight is 1270 g/mol. The fourth-order valence-corrected chi connectivity index (χ4v) is 18.3. The lowest BCUT2D eigenvalue weighted by atomic mass is 9.30. The maximum absolute atomic E-state index is 7.75. The van der Waals surface area contributed by atoms with Crippen LogP contribution in [0.4, 0.5) is 17.1 Å². The largest absolute Gasteiger partial charge is 0.458 e. The van der Waals surface area contributed by atoms with Crippen LogP contribution >= 0.6 is 0 Å². The predicted molar refractivity (Wildman–Crippen MR) is 405 cm³/mol. The van der Waals surface area contributed by atoms with Gasteiger partial charge in [-0.2, -0.15) is 0 Å². The Kier molecular flexibility index (Phi) is 10.5. The first-order valence-corrected chi connectivity index (χ1v) is 34.1. The predicted octanol–water partition coefficient (Wildman–Crippen LogP) is 15.8. The lowest BCUT2D eigenvalue weighted by Gasteiger charge is -2.43. The molecule has 3 aromatic heterocycles. The monoisotopic (exact) mass is 1270 g/mol. The summed E-state index contributed by atoms with van der Waals surface area (Å²) in [6.45, 7) is 5.88. The maximum atomic E-state index is 7.75. The Bertz CT molecular complexity index is 6400. The van der Waals surface area contributed by atoms with Gasteiger partial charge in [0.15, 0.2) is 0 Å². The molecule has 23 rings (SSSR count). The van der Waals surface area contributed by atoms with Gasteiger partial charge in [-0.3, -0.25) is 0 Å². The minimum atomic E-state index is -0.346. The molecule has 0 saturated heterocycles. The lowest BCUT2D eigenvalue weighted by Crippen LogP contribution is -2.64. The summed E-state index contributed by atoms with van der Waals surface area (Å²) in [7, 11) is 0. The summed E-state index contributed by atoms with van der Waals surface area (Å²) in [6, 6.07) is 96.9. The molecule has 0 bridgehead atoms.